The van der Waals surface area contributed by atoms with E-state index in [9.17, 15) is 26.4 Å². The fraction of sp³-hybridized carbons (Fsp3) is 0.739. The minimum Gasteiger partial charge on any atom is -0.478 e. The summed E-state index contributed by atoms with van der Waals surface area (Å²) in [7, 11) is -3.53. The van der Waals surface area contributed by atoms with Crippen molar-refractivity contribution in [2.45, 2.75) is 81.8 Å². The Morgan fingerprint density at radius 3 is 2.47 bits per heavy atom. The van der Waals surface area contributed by atoms with E-state index in [-0.39, 0.29) is 49.5 Å². The molecule has 1 amide bonds. The van der Waals surface area contributed by atoms with Gasteiger partial charge in [-0.25, -0.2) is 22.9 Å². The molecule has 3 aliphatic heterocycles. The van der Waals surface area contributed by atoms with Crippen molar-refractivity contribution in [3.05, 3.63) is 23.4 Å². The van der Waals surface area contributed by atoms with Gasteiger partial charge in [-0.05, 0) is 45.1 Å². The Kier molecular flexibility index (Phi) is 8.01. The molecule has 0 radical (unpaired) electrons. The molecule has 1 N–H and O–H groups in total. The van der Waals surface area contributed by atoms with Gasteiger partial charge in [-0.3, -0.25) is 4.90 Å². The quantitative estimate of drug-likeness (QED) is 0.618. The van der Waals surface area contributed by atoms with Crippen LogP contribution in [0.5, 0.6) is 5.88 Å². The van der Waals surface area contributed by atoms with E-state index in [0.29, 0.717) is 38.5 Å². The van der Waals surface area contributed by atoms with Gasteiger partial charge in [0.2, 0.25) is 15.9 Å². The third-order valence-electron chi connectivity index (χ3n) is 7.00. The molecule has 3 unspecified atom stereocenters. The summed E-state index contributed by atoms with van der Waals surface area (Å²) in [5.74, 6) is -0.275. The number of nitrogens with one attached hydrogen (secondary N) is 1. The molecule has 9 nitrogen and oxygen atoms in total. The van der Waals surface area contributed by atoms with Gasteiger partial charge in [0.15, 0.2) is 0 Å². The second-order valence-electron chi connectivity index (χ2n) is 9.76. The van der Waals surface area contributed by atoms with Gasteiger partial charge in [0.05, 0.1) is 49.5 Å². The zero-order chi connectivity index (χ0) is 26.1. The summed E-state index contributed by atoms with van der Waals surface area (Å²) in [6, 6.07) is 0.849. The summed E-state index contributed by atoms with van der Waals surface area (Å²) in [6.07, 6.45) is -1.57. The van der Waals surface area contributed by atoms with E-state index >= 15 is 0 Å². The molecule has 0 spiro atoms. The van der Waals surface area contributed by atoms with Crippen LogP contribution >= 0.6 is 0 Å². The summed E-state index contributed by atoms with van der Waals surface area (Å²) in [6.45, 7) is 2.05. The molecule has 202 valence electrons. The lowest BCUT2D eigenvalue weighted by Crippen LogP contribution is -2.50. The summed E-state index contributed by atoms with van der Waals surface area (Å²) < 4.78 is 84.6. The molecule has 4 heterocycles. The molecule has 36 heavy (non-hydrogen) atoms. The second kappa shape index (κ2) is 10.7. The predicted molar refractivity (Wildman–Crippen MR) is 123 cm³/mol. The average Bonchev–Trinajstić information content (AvgIpc) is 3.09. The molecule has 3 atom stereocenters. The number of hydrogen-bond donors (Lipinski definition) is 1. The van der Waals surface area contributed by atoms with Crippen LogP contribution in [0.4, 0.5) is 18.0 Å². The highest BCUT2D eigenvalue weighted by Gasteiger charge is 2.44. The maximum absolute atomic E-state index is 13.7. The highest BCUT2D eigenvalue weighted by atomic mass is 32.2. The molecule has 1 saturated carbocycles. The third-order valence-corrected chi connectivity index (χ3v) is 7.73. The van der Waals surface area contributed by atoms with Crippen molar-refractivity contribution in [2.24, 2.45) is 0 Å². The van der Waals surface area contributed by atoms with Gasteiger partial charge < -0.3 is 14.2 Å². The topological polar surface area (TPSA) is 107 Å². The highest BCUT2D eigenvalue weighted by molar-refractivity contribution is 7.88. The van der Waals surface area contributed by atoms with Crippen LogP contribution in [-0.4, -0.2) is 74.7 Å². The molecule has 2 fully saturated rings. The standard InChI is InChI=1S/C23H32F3N3O6S/c1-14-12-18(28-36(2,31)32)19-13-35-16-6-4-15(5-7-16)21-17(23(24,25)26)8-9-20(27-21)33-10-3-11-34-22(30)29(14)19/h8-9,14-16,18-19,28H,3-7,10-13H2,1-2H3. The largest absolute Gasteiger partial charge is 0.478 e. The Morgan fingerprint density at radius 1 is 1.11 bits per heavy atom. The molecular weight excluding hydrogens is 503 g/mol. The smallest absolute Gasteiger partial charge is 0.418 e. The van der Waals surface area contributed by atoms with Crippen LogP contribution in [-0.2, 0) is 25.7 Å². The molecule has 1 aliphatic carbocycles. The Bertz CT molecular complexity index is 1050. The van der Waals surface area contributed by atoms with Crippen LogP contribution in [0.2, 0.25) is 0 Å². The van der Waals surface area contributed by atoms with Gasteiger partial charge in [0, 0.05) is 30.5 Å². The number of rotatable bonds is 2. The normalized spacial score (nSPS) is 30.3. The van der Waals surface area contributed by atoms with E-state index in [0.717, 1.165) is 12.3 Å². The van der Waals surface area contributed by atoms with Crippen LogP contribution < -0.4 is 9.46 Å². The summed E-state index contributed by atoms with van der Waals surface area (Å²) in [5.41, 5.74) is -0.765. The molecule has 4 aliphatic rings. The lowest BCUT2D eigenvalue weighted by Gasteiger charge is -2.33. The van der Waals surface area contributed by atoms with Crippen molar-refractivity contribution in [3.8, 4) is 5.88 Å². The van der Waals surface area contributed by atoms with Gasteiger partial charge in [-0.1, -0.05) is 0 Å². The Balaban J connectivity index is 1.56. The molecular formula is C23H32F3N3O6S. The van der Waals surface area contributed by atoms with Crippen molar-refractivity contribution in [3.63, 3.8) is 0 Å². The van der Waals surface area contributed by atoms with Gasteiger partial charge in [0.25, 0.3) is 0 Å². The maximum Gasteiger partial charge on any atom is 0.418 e. The van der Waals surface area contributed by atoms with Crippen molar-refractivity contribution < 1.29 is 40.6 Å². The Morgan fingerprint density at radius 2 is 1.81 bits per heavy atom. The summed E-state index contributed by atoms with van der Waals surface area (Å²) in [5, 5.41) is 0. The van der Waals surface area contributed by atoms with E-state index in [2.05, 4.69) is 9.71 Å². The van der Waals surface area contributed by atoms with E-state index in [1.165, 1.54) is 11.0 Å². The Hall–Kier alpha value is -2.12. The average molecular weight is 536 g/mol. The Labute approximate surface area is 208 Å². The maximum atomic E-state index is 13.7. The first-order chi connectivity index (χ1) is 16.9. The van der Waals surface area contributed by atoms with Gasteiger partial charge in [0.1, 0.15) is 0 Å². The highest BCUT2D eigenvalue weighted by Crippen LogP contribution is 2.41. The van der Waals surface area contributed by atoms with E-state index < -0.39 is 39.9 Å². The van der Waals surface area contributed by atoms with E-state index in [1.807, 2.05) is 6.92 Å². The minimum absolute atomic E-state index is 0.0117. The molecule has 4 bridgehead atoms. The number of amides is 1. The van der Waals surface area contributed by atoms with Crippen LogP contribution in [0.25, 0.3) is 0 Å². The number of aromatic nitrogens is 1. The zero-order valence-corrected chi connectivity index (χ0v) is 21.1. The van der Waals surface area contributed by atoms with Crippen LogP contribution in [0.15, 0.2) is 12.1 Å². The number of nitrogens with zero attached hydrogens (tertiary/aromatic N) is 2. The third kappa shape index (κ3) is 6.41. The van der Waals surface area contributed by atoms with Crippen LogP contribution in [0.3, 0.4) is 0 Å². The molecule has 1 aromatic rings. The second-order valence-corrected chi connectivity index (χ2v) is 11.5. The predicted octanol–water partition coefficient (Wildman–Crippen LogP) is 3.44. The lowest BCUT2D eigenvalue weighted by molar-refractivity contribution is -0.138. The van der Waals surface area contributed by atoms with Gasteiger partial charge >= 0.3 is 12.3 Å². The summed E-state index contributed by atoms with van der Waals surface area (Å²) in [4.78, 5) is 18.6. The number of hydrogen-bond acceptors (Lipinski definition) is 7. The minimum atomic E-state index is -4.52. The fourth-order valence-electron chi connectivity index (χ4n) is 5.37. The number of pyridine rings is 1. The number of ether oxygens (including phenoxy) is 3. The van der Waals surface area contributed by atoms with E-state index in [4.69, 9.17) is 14.2 Å². The molecule has 1 aromatic heterocycles. The van der Waals surface area contributed by atoms with Crippen molar-refractivity contribution in [1.82, 2.24) is 14.6 Å². The first kappa shape index (κ1) is 26.9. The molecule has 1 saturated heterocycles. The lowest BCUT2D eigenvalue weighted by atomic mass is 9.83. The van der Waals surface area contributed by atoms with Gasteiger partial charge in [-0.15, -0.1) is 0 Å². The van der Waals surface area contributed by atoms with Crippen molar-refractivity contribution in [2.75, 3.05) is 26.1 Å². The number of halogens is 3. The number of alkyl halides is 3. The SMILES string of the molecule is CC1CC(NS(C)(=O)=O)C2COC3CCC(CC3)c3nc(ccc3C(F)(F)F)OCCCOC(=O)N12. The van der Waals surface area contributed by atoms with Crippen molar-refractivity contribution >= 4 is 16.1 Å². The molecule has 0 aromatic carbocycles. The number of carbonyl (C=O) groups is 1. The first-order valence-electron chi connectivity index (χ1n) is 12.2. The number of carbonyl (C=O) groups excluding carboxylic acids is 1. The van der Waals surface area contributed by atoms with Crippen molar-refractivity contribution in [1.29, 1.82) is 0 Å². The first-order valence-corrected chi connectivity index (χ1v) is 14.1. The molecule has 5 rings (SSSR count). The fourth-order valence-corrected chi connectivity index (χ4v) is 6.17. The number of fused-ring (bicyclic) bond motifs is 8. The monoisotopic (exact) mass is 535 g/mol. The number of sulfonamides is 1. The van der Waals surface area contributed by atoms with E-state index in [1.54, 1.807) is 0 Å². The van der Waals surface area contributed by atoms with Crippen LogP contribution in [0.1, 0.15) is 62.6 Å². The van der Waals surface area contributed by atoms with Crippen LogP contribution in [0, 0.1) is 0 Å². The zero-order valence-electron chi connectivity index (χ0n) is 20.3. The van der Waals surface area contributed by atoms with Gasteiger partial charge in [-0.2, -0.15) is 13.2 Å². The summed E-state index contributed by atoms with van der Waals surface area (Å²) >= 11 is 0. The molecule has 13 heteroatoms.